The Bertz CT molecular complexity index is 422. The number of hydrogen-bond acceptors (Lipinski definition) is 3. The predicted octanol–water partition coefficient (Wildman–Crippen LogP) is 1.90. The van der Waals surface area contributed by atoms with Gasteiger partial charge in [-0.1, -0.05) is 6.92 Å². The number of thioether (sulfide) groups is 1. The third-order valence-corrected chi connectivity index (χ3v) is 3.24. The Balaban J connectivity index is 2.41. The Hall–Kier alpha value is -1.56. The molecule has 0 spiro atoms. The van der Waals surface area contributed by atoms with Crippen molar-refractivity contribution in [3.63, 3.8) is 0 Å². The molecule has 0 unspecified atom stereocenters. The van der Waals surface area contributed by atoms with Crippen molar-refractivity contribution in [2.75, 3.05) is 5.75 Å². The normalized spacial score (nSPS) is 11.9. The van der Waals surface area contributed by atoms with Gasteiger partial charge in [0.2, 0.25) is 5.91 Å². The first-order chi connectivity index (χ1) is 8.52. The van der Waals surface area contributed by atoms with Crippen molar-refractivity contribution in [1.29, 1.82) is 0 Å². The van der Waals surface area contributed by atoms with Crippen molar-refractivity contribution in [2.24, 2.45) is 0 Å². The van der Waals surface area contributed by atoms with Crippen LogP contribution in [-0.2, 0) is 9.59 Å². The second-order valence-electron chi connectivity index (χ2n) is 3.61. The third kappa shape index (κ3) is 4.75. The molecule has 1 rings (SSSR count). The second kappa shape index (κ2) is 7.00. The van der Waals surface area contributed by atoms with Gasteiger partial charge in [0, 0.05) is 4.90 Å². The molecule has 0 aliphatic carbocycles. The molecule has 0 heterocycles. The molecule has 0 radical (unpaired) electrons. The summed E-state index contributed by atoms with van der Waals surface area (Å²) in [4.78, 5) is 23.0. The van der Waals surface area contributed by atoms with Crippen LogP contribution in [-0.4, -0.2) is 28.8 Å². The topological polar surface area (TPSA) is 66.4 Å². The van der Waals surface area contributed by atoms with Crippen LogP contribution in [0.1, 0.15) is 13.3 Å². The monoisotopic (exact) mass is 271 g/mol. The number of nitrogens with one attached hydrogen (secondary N) is 1. The molecular weight excluding hydrogens is 257 g/mol. The standard InChI is InChI=1S/C12H14FNO3S/c1-2-10(12(16)17)14-11(15)7-18-9-5-3-8(13)4-6-9/h3-6,10H,2,7H2,1H3,(H,14,15)(H,16,17)/t10-/m1/s1. The molecule has 0 aliphatic heterocycles. The number of carboxylic acid groups (broad SMARTS) is 1. The van der Waals surface area contributed by atoms with E-state index in [0.717, 1.165) is 4.90 Å². The van der Waals surface area contributed by atoms with E-state index in [1.807, 2.05) is 0 Å². The molecule has 4 nitrogen and oxygen atoms in total. The van der Waals surface area contributed by atoms with E-state index in [4.69, 9.17) is 5.11 Å². The number of rotatable bonds is 6. The van der Waals surface area contributed by atoms with Crippen molar-refractivity contribution in [1.82, 2.24) is 5.32 Å². The quantitative estimate of drug-likeness (QED) is 0.775. The number of halogens is 1. The summed E-state index contributed by atoms with van der Waals surface area (Å²) in [5.41, 5.74) is 0. The van der Waals surface area contributed by atoms with Gasteiger partial charge in [-0.15, -0.1) is 11.8 Å². The van der Waals surface area contributed by atoms with E-state index >= 15 is 0 Å². The van der Waals surface area contributed by atoms with E-state index < -0.39 is 12.0 Å². The first-order valence-corrected chi connectivity index (χ1v) is 6.42. The second-order valence-corrected chi connectivity index (χ2v) is 4.66. The SMILES string of the molecule is CC[C@@H](NC(=O)CSc1ccc(F)cc1)C(=O)O. The van der Waals surface area contributed by atoms with Gasteiger partial charge < -0.3 is 10.4 Å². The predicted molar refractivity (Wildman–Crippen MR) is 67.0 cm³/mol. The van der Waals surface area contributed by atoms with Crippen LogP contribution in [0.25, 0.3) is 0 Å². The number of carboxylic acids is 1. The summed E-state index contributed by atoms with van der Waals surface area (Å²) in [7, 11) is 0. The summed E-state index contributed by atoms with van der Waals surface area (Å²) in [6, 6.07) is 4.91. The third-order valence-electron chi connectivity index (χ3n) is 2.23. The number of benzene rings is 1. The minimum atomic E-state index is -1.04. The lowest BCUT2D eigenvalue weighted by atomic mass is 10.2. The first kappa shape index (κ1) is 14.5. The zero-order valence-electron chi connectivity index (χ0n) is 9.85. The number of carbonyl (C=O) groups is 2. The van der Waals surface area contributed by atoms with Crippen molar-refractivity contribution in [2.45, 2.75) is 24.3 Å². The van der Waals surface area contributed by atoms with Gasteiger partial charge in [0.25, 0.3) is 0 Å². The maximum atomic E-state index is 12.6. The fourth-order valence-corrected chi connectivity index (χ4v) is 1.96. The summed E-state index contributed by atoms with van der Waals surface area (Å²) >= 11 is 1.23. The molecular formula is C12H14FNO3S. The summed E-state index contributed by atoms with van der Waals surface area (Å²) in [5, 5.41) is 11.2. The van der Waals surface area contributed by atoms with Crippen LogP contribution in [0.5, 0.6) is 0 Å². The molecule has 0 bridgehead atoms. The molecule has 0 aliphatic rings. The van der Waals surface area contributed by atoms with Gasteiger partial charge in [0.15, 0.2) is 0 Å². The van der Waals surface area contributed by atoms with Gasteiger partial charge in [-0.3, -0.25) is 4.79 Å². The number of hydrogen-bond donors (Lipinski definition) is 2. The van der Waals surface area contributed by atoms with Gasteiger partial charge in [0.1, 0.15) is 11.9 Å². The molecule has 0 aromatic heterocycles. The van der Waals surface area contributed by atoms with Crippen LogP contribution >= 0.6 is 11.8 Å². The van der Waals surface area contributed by atoms with Gasteiger partial charge in [0.05, 0.1) is 5.75 Å². The van der Waals surface area contributed by atoms with Crippen LogP contribution in [0.4, 0.5) is 4.39 Å². The lowest BCUT2D eigenvalue weighted by Gasteiger charge is -2.11. The number of carbonyl (C=O) groups excluding carboxylic acids is 1. The van der Waals surface area contributed by atoms with Crippen LogP contribution < -0.4 is 5.32 Å². The Labute approximate surface area is 109 Å². The van der Waals surface area contributed by atoms with Crippen LogP contribution in [0, 0.1) is 5.82 Å². The zero-order valence-corrected chi connectivity index (χ0v) is 10.7. The molecule has 18 heavy (non-hydrogen) atoms. The Morgan fingerprint density at radius 1 is 1.39 bits per heavy atom. The lowest BCUT2D eigenvalue weighted by Crippen LogP contribution is -2.41. The van der Waals surface area contributed by atoms with Crippen LogP contribution in [0.3, 0.4) is 0 Å². The smallest absolute Gasteiger partial charge is 0.326 e. The van der Waals surface area contributed by atoms with E-state index in [-0.39, 0.29) is 17.5 Å². The lowest BCUT2D eigenvalue weighted by molar-refractivity contribution is -0.141. The van der Waals surface area contributed by atoms with Crippen molar-refractivity contribution in [3.8, 4) is 0 Å². The van der Waals surface area contributed by atoms with Crippen molar-refractivity contribution < 1.29 is 19.1 Å². The molecule has 6 heteroatoms. The average molecular weight is 271 g/mol. The van der Waals surface area contributed by atoms with Crippen LogP contribution in [0.15, 0.2) is 29.2 Å². The van der Waals surface area contributed by atoms with Crippen molar-refractivity contribution >= 4 is 23.6 Å². The highest BCUT2D eigenvalue weighted by atomic mass is 32.2. The Morgan fingerprint density at radius 2 is 2.00 bits per heavy atom. The first-order valence-electron chi connectivity index (χ1n) is 5.43. The van der Waals surface area contributed by atoms with E-state index in [1.165, 1.54) is 23.9 Å². The Morgan fingerprint density at radius 3 is 2.50 bits per heavy atom. The Kier molecular flexibility index (Phi) is 5.64. The van der Waals surface area contributed by atoms with Crippen LogP contribution in [0.2, 0.25) is 0 Å². The largest absolute Gasteiger partial charge is 0.480 e. The minimum absolute atomic E-state index is 0.107. The summed E-state index contributed by atoms with van der Waals surface area (Å²) < 4.78 is 12.6. The summed E-state index contributed by atoms with van der Waals surface area (Å²) in [6.45, 7) is 1.69. The average Bonchev–Trinajstić information content (AvgIpc) is 2.35. The highest BCUT2D eigenvalue weighted by Crippen LogP contribution is 2.17. The van der Waals surface area contributed by atoms with Crippen molar-refractivity contribution in [3.05, 3.63) is 30.1 Å². The molecule has 2 N–H and O–H groups in total. The zero-order chi connectivity index (χ0) is 13.5. The van der Waals surface area contributed by atoms with E-state index in [9.17, 15) is 14.0 Å². The van der Waals surface area contributed by atoms with Gasteiger partial charge in [-0.2, -0.15) is 0 Å². The highest BCUT2D eigenvalue weighted by Gasteiger charge is 2.17. The number of amides is 1. The van der Waals surface area contributed by atoms with Gasteiger partial charge >= 0.3 is 5.97 Å². The molecule has 0 fully saturated rings. The summed E-state index contributed by atoms with van der Waals surface area (Å²) in [5.74, 6) is -1.62. The molecule has 1 amide bonds. The minimum Gasteiger partial charge on any atom is -0.480 e. The molecule has 1 aromatic rings. The van der Waals surface area contributed by atoms with E-state index in [2.05, 4.69) is 5.32 Å². The fourth-order valence-electron chi connectivity index (χ4n) is 1.25. The maximum Gasteiger partial charge on any atom is 0.326 e. The number of aliphatic carboxylic acids is 1. The van der Waals surface area contributed by atoms with Gasteiger partial charge in [-0.25, -0.2) is 9.18 Å². The fraction of sp³-hybridized carbons (Fsp3) is 0.333. The molecule has 0 saturated heterocycles. The van der Waals surface area contributed by atoms with E-state index in [1.54, 1.807) is 19.1 Å². The molecule has 98 valence electrons. The maximum absolute atomic E-state index is 12.6. The highest BCUT2D eigenvalue weighted by molar-refractivity contribution is 8.00. The van der Waals surface area contributed by atoms with Gasteiger partial charge in [-0.05, 0) is 30.7 Å². The molecule has 1 atom stereocenters. The molecule has 0 saturated carbocycles. The molecule has 1 aromatic carbocycles. The summed E-state index contributed by atoms with van der Waals surface area (Å²) in [6.07, 6.45) is 0.336. The van der Waals surface area contributed by atoms with E-state index in [0.29, 0.717) is 6.42 Å².